The first-order valence-corrected chi connectivity index (χ1v) is 12.4. The summed E-state index contributed by atoms with van der Waals surface area (Å²) >= 11 is 6.38. The second-order valence-corrected chi connectivity index (χ2v) is 9.10. The molecular weight excluding hydrogens is 422 g/mol. The van der Waals surface area contributed by atoms with Crippen LogP contribution >= 0.6 is 11.6 Å². The van der Waals surface area contributed by atoms with Crippen molar-refractivity contribution in [3.05, 3.63) is 58.9 Å². The first-order chi connectivity index (χ1) is 15.5. The molecule has 1 aliphatic carbocycles. The minimum atomic E-state index is 0.0497. The molecule has 1 heterocycles. The van der Waals surface area contributed by atoms with E-state index in [1.165, 1.54) is 6.42 Å². The van der Waals surface area contributed by atoms with Crippen LogP contribution in [0.1, 0.15) is 70.1 Å². The van der Waals surface area contributed by atoms with Crippen LogP contribution in [0.15, 0.2) is 42.6 Å². The molecule has 0 saturated heterocycles. The summed E-state index contributed by atoms with van der Waals surface area (Å²) in [5.41, 5.74) is 2.15. The van der Waals surface area contributed by atoms with Crippen molar-refractivity contribution >= 4 is 23.4 Å². The standard InChI is InChI=1S/C26H36ClN3O2/c1-3-11-25(31)28(4-2)20-26(32)30(22-13-6-5-7-14-22)19-23-15-10-17-29(23)18-21-12-8-9-16-24(21)27/h8-10,12,15-17,22H,3-7,11,13-14,18-20H2,1-2H3. The second kappa shape index (κ2) is 12.1. The van der Waals surface area contributed by atoms with E-state index < -0.39 is 0 Å². The van der Waals surface area contributed by atoms with Gasteiger partial charge in [-0.3, -0.25) is 9.59 Å². The van der Waals surface area contributed by atoms with Gasteiger partial charge in [0.25, 0.3) is 0 Å². The number of hydrogen-bond donors (Lipinski definition) is 0. The molecule has 174 valence electrons. The molecule has 0 unspecified atom stereocenters. The zero-order valence-electron chi connectivity index (χ0n) is 19.4. The minimum absolute atomic E-state index is 0.0497. The average molecular weight is 458 g/mol. The molecule has 32 heavy (non-hydrogen) atoms. The number of carbonyl (C=O) groups excluding carboxylic acids is 2. The molecule has 3 rings (SSSR count). The van der Waals surface area contributed by atoms with Gasteiger partial charge in [0.2, 0.25) is 11.8 Å². The first kappa shape index (κ1) is 24.4. The van der Waals surface area contributed by atoms with Crippen LogP contribution in [-0.2, 0) is 22.7 Å². The second-order valence-electron chi connectivity index (χ2n) is 8.69. The number of aromatic nitrogens is 1. The lowest BCUT2D eigenvalue weighted by molar-refractivity contribution is -0.142. The van der Waals surface area contributed by atoms with Crippen molar-refractivity contribution in [2.45, 2.75) is 77.9 Å². The molecule has 0 spiro atoms. The van der Waals surface area contributed by atoms with Gasteiger partial charge in [-0.05, 0) is 49.9 Å². The van der Waals surface area contributed by atoms with Gasteiger partial charge in [0.1, 0.15) is 0 Å². The number of amides is 2. The third-order valence-corrected chi connectivity index (χ3v) is 6.78. The smallest absolute Gasteiger partial charge is 0.242 e. The highest BCUT2D eigenvalue weighted by atomic mass is 35.5. The van der Waals surface area contributed by atoms with Gasteiger partial charge >= 0.3 is 0 Å². The summed E-state index contributed by atoms with van der Waals surface area (Å²) in [6.45, 7) is 5.89. The van der Waals surface area contributed by atoms with Crippen molar-refractivity contribution < 1.29 is 9.59 Å². The van der Waals surface area contributed by atoms with Crippen LogP contribution in [-0.4, -0.2) is 45.3 Å². The molecule has 0 bridgehead atoms. The maximum Gasteiger partial charge on any atom is 0.242 e. The van der Waals surface area contributed by atoms with Crippen molar-refractivity contribution in [2.24, 2.45) is 0 Å². The molecule has 0 N–H and O–H groups in total. The van der Waals surface area contributed by atoms with E-state index in [0.717, 1.165) is 48.4 Å². The summed E-state index contributed by atoms with van der Waals surface area (Å²) in [5.74, 6) is 0.114. The largest absolute Gasteiger partial charge is 0.345 e. The minimum Gasteiger partial charge on any atom is -0.345 e. The van der Waals surface area contributed by atoms with Crippen LogP contribution in [0.5, 0.6) is 0 Å². The van der Waals surface area contributed by atoms with Gasteiger partial charge in [-0.15, -0.1) is 0 Å². The SMILES string of the molecule is CCCC(=O)N(CC)CC(=O)N(Cc1cccn1Cc1ccccc1Cl)C1CCCCC1. The van der Waals surface area contributed by atoms with E-state index in [1.807, 2.05) is 55.3 Å². The summed E-state index contributed by atoms with van der Waals surface area (Å²) in [6.07, 6.45) is 8.94. The van der Waals surface area contributed by atoms with E-state index in [4.69, 9.17) is 11.6 Å². The molecule has 2 aromatic rings. The average Bonchev–Trinajstić information content (AvgIpc) is 3.24. The van der Waals surface area contributed by atoms with Gasteiger partial charge in [-0.25, -0.2) is 0 Å². The zero-order valence-corrected chi connectivity index (χ0v) is 20.2. The first-order valence-electron chi connectivity index (χ1n) is 12.0. The Morgan fingerprint density at radius 3 is 2.47 bits per heavy atom. The summed E-state index contributed by atoms with van der Waals surface area (Å²) in [5, 5.41) is 0.750. The molecule has 5 nitrogen and oxygen atoms in total. The molecule has 1 saturated carbocycles. The van der Waals surface area contributed by atoms with Gasteiger partial charge in [0, 0.05) is 42.5 Å². The highest BCUT2D eigenvalue weighted by molar-refractivity contribution is 6.31. The predicted molar refractivity (Wildman–Crippen MR) is 130 cm³/mol. The maximum absolute atomic E-state index is 13.5. The van der Waals surface area contributed by atoms with Crippen molar-refractivity contribution in [2.75, 3.05) is 13.1 Å². The quantitative estimate of drug-likeness (QED) is 0.472. The topological polar surface area (TPSA) is 45.6 Å². The van der Waals surface area contributed by atoms with Crippen molar-refractivity contribution in [3.8, 4) is 0 Å². The molecule has 0 aliphatic heterocycles. The molecule has 1 aliphatic rings. The van der Waals surface area contributed by atoms with E-state index in [2.05, 4.69) is 10.6 Å². The van der Waals surface area contributed by atoms with Crippen LogP contribution in [0.2, 0.25) is 5.02 Å². The Hall–Kier alpha value is -2.27. The maximum atomic E-state index is 13.5. The number of halogens is 1. The summed E-state index contributed by atoms with van der Waals surface area (Å²) < 4.78 is 2.17. The van der Waals surface area contributed by atoms with Crippen LogP contribution in [0.3, 0.4) is 0 Å². The molecular formula is C26H36ClN3O2. The fraction of sp³-hybridized carbons (Fsp3) is 0.538. The number of benzene rings is 1. The molecule has 1 aromatic carbocycles. The molecule has 2 amide bonds. The van der Waals surface area contributed by atoms with Crippen molar-refractivity contribution in [3.63, 3.8) is 0 Å². The van der Waals surface area contributed by atoms with Crippen molar-refractivity contribution in [1.82, 2.24) is 14.4 Å². The Kier molecular flexibility index (Phi) is 9.22. The molecule has 6 heteroatoms. The third-order valence-electron chi connectivity index (χ3n) is 6.41. The van der Waals surface area contributed by atoms with Crippen LogP contribution < -0.4 is 0 Å². The van der Waals surface area contributed by atoms with Gasteiger partial charge in [0.15, 0.2) is 0 Å². The van der Waals surface area contributed by atoms with E-state index in [1.54, 1.807) is 4.90 Å². The summed E-state index contributed by atoms with van der Waals surface area (Å²) in [6, 6.07) is 12.2. The Labute approximate surface area is 197 Å². The summed E-state index contributed by atoms with van der Waals surface area (Å²) in [4.78, 5) is 29.7. The predicted octanol–water partition coefficient (Wildman–Crippen LogP) is 5.50. The fourth-order valence-corrected chi connectivity index (χ4v) is 4.74. The number of carbonyl (C=O) groups is 2. The lowest BCUT2D eigenvalue weighted by Crippen LogP contribution is -2.47. The fourth-order valence-electron chi connectivity index (χ4n) is 4.55. The van der Waals surface area contributed by atoms with E-state index >= 15 is 0 Å². The van der Waals surface area contributed by atoms with Gasteiger partial charge in [0.05, 0.1) is 13.1 Å². The van der Waals surface area contributed by atoms with E-state index in [0.29, 0.717) is 26.1 Å². The molecule has 1 fully saturated rings. The lowest BCUT2D eigenvalue weighted by Gasteiger charge is -2.36. The highest BCUT2D eigenvalue weighted by Gasteiger charge is 2.28. The van der Waals surface area contributed by atoms with Gasteiger partial charge in [-0.1, -0.05) is 56.0 Å². The third kappa shape index (κ3) is 6.38. The Morgan fingerprint density at radius 1 is 1.03 bits per heavy atom. The van der Waals surface area contributed by atoms with Crippen molar-refractivity contribution in [1.29, 1.82) is 0 Å². The number of nitrogens with zero attached hydrogens (tertiary/aromatic N) is 3. The molecule has 0 radical (unpaired) electrons. The van der Waals surface area contributed by atoms with Crippen LogP contribution in [0.4, 0.5) is 0 Å². The Bertz CT molecular complexity index is 889. The Balaban J connectivity index is 1.78. The van der Waals surface area contributed by atoms with Gasteiger partial charge < -0.3 is 14.4 Å². The van der Waals surface area contributed by atoms with Gasteiger partial charge in [-0.2, -0.15) is 0 Å². The Morgan fingerprint density at radius 2 is 1.78 bits per heavy atom. The zero-order chi connectivity index (χ0) is 22.9. The van der Waals surface area contributed by atoms with E-state index in [9.17, 15) is 9.59 Å². The van der Waals surface area contributed by atoms with Crippen LogP contribution in [0.25, 0.3) is 0 Å². The summed E-state index contributed by atoms with van der Waals surface area (Å²) in [7, 11) is 0. The molecule has 1 aromatic heterocycles. The van der Waals surface area contributed by atoms with E-state index in [-0.39, 0.29) is 24.4 Å². The number of hydrogen-bond acceptors (Lipinski definition) is 2. The monoisotopic (exact) mass is 457 g/mol. The normalized spacial score (nSPS) is 14.3. The van der Waals surface area contributed by atoms with Crippen LogP contribution in [0, 0.1) is 0 Å². The number of rotatable bonds is 10. The highest BCUT2D eigenvalue weighted by Crippen LogP contribution is 2.25. The molecule has 0 atom stereocenters. The lowest BCUT2D eigenvalue weighted by atomic mass is 9.94. The number of likely N-dealkylation sites (N-methyl/N-ethyl adjacent to an activating group) is 1.